The highest BCUT2D eigenvalue weighted by Crippen LogP contribution is 2.31. The van der Waals surface area contributed by atoms with Crippen LogP contribution in [0.15, 0.2) is 41.1 Å². The number of nitrogens with zero attached hydrogens (tertiary/aromatic N) is 2. The fourth-order valence-electron chi connectivity index (χ4n) is 2.71. The Morgan fingerprint density at radius 3 is 3.09 bits per heavy atom. The first-order valence-electron chi connectivity index (χ1n) is 7.56. The Kier molecular flexibility index (Phi) is 4.83. The first-order valence-corrected chi connectivity index (χ1v) is 8.72. The van der Waals surface area contributed by atoms with Crippen LogP contribution in [0.3, 0.4) is 0 Å². The van der Waals surface area contributed by atoms with E-state index in [0.29, 0.717) is 6.42 Å². The van der Waals surface area contributed by atoms with Gasteiger partial charge in [-0.3, -0.25) is 9.78 Å². The molecule has 0 radical (unpaired) electrons. The molecule has 2 aromatic heterocycles. The maximum Gasteiger partial charge on any atom is 0.223 e. The van der Waals surface area contributed by atoms with Crippen LogP contribution in [-0.4, -0.2) is 33.8 Å². The van der Waals surface area contributed by atoms with Gasteiger partial charge in [0.25, 0.3) is 0 Å². The van der Waals surface area contributed by atoms with E-state index in [0.717, 1.165) is 41.6 Å². The first-order chi connectivity index (χ1) is 10.7. The Morgan fingerprint density at radius 1 is 1.45 bits per heavy atom. The summed E-state index contributed by atoms with van der Waals surface area (Å²) >= 11 is 1.88. The van der Waals surface area contributed by atoms with Crippen molar-refractivity contribution >= 4 is 17.7 Å². The number of rotatable bonds is 4. The molecular formula is C17H20N2O2S. The third-order valence-electron chi connectivity index (χ3n) is 3.89. The van der Waals surface area contributed by atoms with Gasteiger partial charge in [0.2, 0.25) is 5.91 Å². The Labute approximate surface area is 134 Å². The van der Waals surface area contributed by atoms with Crippen LogP contribution in [-0.2, 0) is 11.2 Å². The molecule has 1 amide bonds. The number of hydrogen-bond donors (Lipinski definition) is 0. The molecule has 1 fully saturated rings. The van der Waals surface area contributed by atoms with E-state index < -0.39 is 0 Å². The molecule has 5 heteroatoms. The van der Waals surface area contributed by atoms with Gasteiger partial charge < -0.3 is 9.32 Å². The average Bonchev–Trinajstić information content (AvgIpc) is 3.00. The predicted molar refractivity (Wildman–Crippen MR) is 87.8 cm³/mol. The van der Waals surface area contributed by atoms with Crippen molar-refractivity contribution in [3.8, 4) is 0 Å². The molecule has 1 aliphatic heterocycles. The SMILES string of the molecule is Cc1ccc(C2CSCCN2C(=O)CCc2cccnc2)o1. The zero-order valence-electron chi connectivity index (χ0n) is 12.7. The molecule has 4 nitrogen and oxygen atoms in total. The molecule has 0 bridgehead atoms. The van der Waals surface area contributed by atoms with Gasteiger partial charge in [-0.1, -0.05) is 6.07 Å². The van der Waals surface area contributed by atoms with Gasteiger partial charge >= 0.3 is 0 Å². The number of thioether (sulfide) groups is 1. The molecule has 116 valence electrons. The van der Waals surface area contributed by atoms with E-state index in [9.17, 15) is 4.79 Å². The second-order valence-electron chi connectivity index (χ2n) is 5.49. The molecule has 0 spiro atoms. The van der Waals surface area contributed by atoms with Crippen LogP contribution in [0.4, 0.5) is 0 Å². The lowest BCUT2D eigenvalue weighted by atomic mass is 10.1. The van der Waals surface area contributed by atoms with Crippen LogP contribution in [0.1, 0.15) is 29.5 Å². The molecule has 0 saturated carbocycles. The zero-order valence-corrected chi connectivity index (χ0v) is 13.5. The van der Waals surface area contributed by atoms with Crippen molar-refractivity contribution < 1.29 is 9.21 Å². The van der Waals surface area contributed by atoms with E-state index in [-0.39, 0.29) is 11.9 Å². The molecule has 1 unspecified atom stereocenters. The second kappa shape index (κ2) is 7.01. The van der Waals surface area contributed by atoms with Crippen LogP contribution >= 0.6 is 11.8 Å². The Balaban J connectivity index is 1.66. The van der Waals surface area contributed by atoms with E-state index >= 15 is 0 Å². The van der Waals surface area contributed by atoms with E-state index in [1.165, 1.54) is 0 Å². The predicted octanol–water partition coefficient (Wildman–Crippen LogP) is 3.23. The molecule has 3 heterocycles. The largest absolute Gasteiger partial charge is 0.464 e. The molecule has 0 aliphatic carbocycles. The summed E-state index contributed by atoms with van der Waals surface area (Å²) in [6, 6.07) is 7.94. The van der Waals surface area contributed by atoms with Gasteiger partial charge in [0.1, 0.15) is 11.5 Å². The third-order valence-corrected chi connectivity index (χ3v) is 4.91. The molecule has 0 aromatic carbocycles. The fourth-order valence-corrected chi connectivity index (χ4v) is 3.77. The molecular weight excluding hydrogens is 296 g/mol. The van der Waals surface area contributed by atoms with Gasteiger partial charge in [-0.15, -0.1) is 0 Å². The molecule has 1 atom stereocenters. The summed E-state index contributed by atoms with van der Waals surface area (Å²) in [5, 5.41) is 0. The van der Waals surface area contributed by atoms with Gasteiger partial charge in [-0.05, 0) is 37.1 Å². The zero-order chi connectivity index (χ0) is 15.4. The van der Waals surface area contributed by atoms with Crippen molar-refractivity contribution in [1.82, 2.24) is 9.88 Å². The fraction of sp³-hybridized carbons (Fsp3) is 0.412. The summed E-state index contributed by atoms with van der Waals surface area (Å²) in [5.74, 6) is 3.90. The average molecular weight is 316 g/mol. The Bertz CT molecular complexity index is 627. The number of pyridine rings is 1. The van der Waals surface area contributed by atoms with E-state index in [2.05, 4.69) is 4.98 Å². The van der Waals surface area contributed by atoms with Gasteiger partial charge in [0.05, 0.1) is 6.04 Å². The quantitative estimate of drug-likeness (QED) is 0.869. The molecule has 3 rings (SSSR count). The van der Waals surface area contributed by atoms with Crippen molar-refractivity contribution in [2.75, 3.05) is 18.1 Å². The second-order valence-corrected chi connectivity index (χ2v) is 6.64. The maximum atomic E-state index is 12.6. The smallest absolute Gasteiger partial charge is 0.223 e. The lowest BCUT2D eigenvalue weighted by Gasteiger charge is -2.34. The number of hydrogen-bond acceptors (Lipinski definition) is 4. The van der Waals surface area contributed by atoms with Crippen molar-refractivity contribution in [1.29, 1.82) is 0 Å². The maximum absolute atomic E-state index is 12.6. The van der Waals surface area contributed by atoms with Gasteiger partial charge in [-0.2, -0.15) is 11.8 Å². The van der Waals surface area contributed by atoms with Crippen LogP contribution in [0.25, 0.3) is 0 Å². The number of carbonyl (C=O) groups excluding carboxylic acids is 1. The Hall–Kier alpha value is -1.75. The highest BCUT2D eigenvalue weighted by Gasteiger charge is 2.30. The van der Waals surface area contributed by atoms with Crippen LogP contribution in [0, 0.1) is 6.92 Å². The number of aromatic nitrogens is 1. The number of furan rings is 1. The highest BCUT2D eigenvalue weighted by atomic mass is 32.2. The molecule has 2 aromatic rings. The van der Waals surface area contributed by atoms with Crippen molar-refractivity contribution in [3.05, 3.63) is 53.7 Å². The topological polar surface area (TPSA) is 46.3 Å². The van der Waals surface area contributed by atoms with Gasteiger partial charge in [0, 0.05) is 36.9 Å². The van der Waals surface area contributed by atoms with E-state index in [1.54, 1.807) is 6.20 Å². The standard InChI is InChI=1S/C17H20N2O2S/c1-13-4-6-16(21-13)15-12-22-10-9-19(15)17(20)7-5-14-3-2-8-18-11-14/h2-4,6,8,11,15H,5,7,9-10,12H2,1H3. The summed E-state index contributed by atoms with van der Waals surface area (Å²) in [5.41, 5.74) is 1.10. The van der Waals surface area contributed by atoms with E-state index in [4.69, 9.17) is 4.42 Å². The number of amides is 1. The molecule has 22 heavy (non-hydrogen) atoms. The van der Waals surface area contributed by atoms with Gasteiger partial charge in [0.15, 0.2) is 0 Å². The van der Waals surface area contributed by atoms with Gasteiger partial charge in [-0.25, -0.2) is 0 Å². The van der Waals surface area contributed by atoms with Crippen molar-refractivity contribution in [3.63, 3.8) is 0 Å². The van der Waals surface area contributed by atoms with Crippen molar-refractivity contribution in [2.45, 2.75) is 25.8 Å². The lowest BCUT2D eigenvalue weighted by Crippen LogP contribution is -2.40. The molecule has 1 aliphatic rings. The van der Waals surface area contributed by atoms with E-state index in [1.807, 2.05) is 54.0 Å². The third kappa shape index (κ3) is 3.53. The minimum Gasteiger partial charge on any atom is -0.464 e. The number of aryl methyl sites for hydroxylation is 2. The number of carbonyl (C=O) groups is 1. The monoisotopic (exact) mass is 316 g/mol. The summed E-state index contributed by atoms with van der Waals surface area (Å²) in [4.78, 5) is 18.7. The lowest BCUT2D eigenvalue weighted by molar-refractivity contribution is -0.133. The van der Waals surface area contributed by atoms with Crippen LogP contribution < -0.4 is 0 Å². The summed E-state index contributed by atoms with van der Waals surface area (Å²) in [7, 11) is 0. The Morgan fingerprint density at radius 2 is 2.36 bits per heavy atom. The highest BCUT2D eigenvalue weighted by molar-refractivity contribution is 7.99. The van der Waals surface area contributed by atoms with Crippen LogP contribution in [0.5, 0.6) is 0 Å². The minimum atomic E-state index is 0.0637. The minimum absolute atomic E-state index is 0.0637. The summed E-state index contributed by atoms with van der Waals surface area (Å²) in [6.45, 7) is 2.73. The summed E-state index contributed by atoms with van der Waals surface area (Å²) in [6.07, 6.45) is 4.84. The normalized spacial score (nSPS) is 18.4. The first kappa shape index (κ1) is 15.2. The van der Waals surface area contributed by atoms with Crippen LogP contribution in [0.2, 0.25) is 0 Å². The summed E-state index contributed by atoms with van der Waals surface area (Å²) < 4.78 is 5.75. The molecule has 1 saturated heterocycles. The molecule has 0 N–H and O–H groups in total. The van der Waals surface area contributed by atoms with Crippen molar-refractivity contribution in [2.24, 2.45) is 0 Å².